The van der Waals surface area contributed by atoms with Crippen molar-refractivity contribution in [2.24, 2.45) is 14.1 Å². The number of rotatable bonds is 4. The van der Waals surface area contributed by atoms with Gasteiger partial charge in [0.25, 0.3) is 0 Å². The fourth-order valence-electron chi connectivity index (χ4n) is 9.78. The predicted octanol–water partition coefficient (Wildman–Crippen LogP) is 13.3. The lowest BCUT2D eigenvalue weighted by molar-refractivity contribution is -0.645. The van der Waals surface area contributed by atoms with Crippen LogP contribution in [0.4, 0.5) is 0 Å². The molecule has 0 radical (unpaired) electrons. The Balaban J connectivity index is 0.000000137. The third kappa shape index (κ3) is 7.14. The lowest BCUT2D eigenvalue weighted by Gasteiger charge is -2.10. The standard InChI is InChI=1S/C30H24N4.C28H18N4.CH3I/c1-31-19-33(29-16-23-10-5-3-8-21(23)14-27(29)31)25-12-7-13-26(18-25)34-20-32(2)28-15-22-9-4-6-11-24(22)17-30(28)34;1-3-8-21-14-27-25(12-19(21)6-1)29-17-31(27)23-10-5-11-24(16-23)32-18-30-26-13-20-7-2-4-9-22(20)15-28(26)32;1-2/h3-20H,1-2H3;1-18H;1H3/q+2;;. The van der Waals surface area contributed by atoms with Crippen LogP contribution in [-0.2, 0) is 14.1 Å². The molecule has 0 aliphatic heterocycles. The van der Waals surface area contributed by atoms with Crippen LogP contribution < -0.4 is 9.13 Å². The van der Waals surface area contributed by atoms with Crippen LogP contribution >= 0.6 is 22.6 Å². The Kier molecular flexibility index (Phi) is 10.3. The summed E-state index contributed by atoms with van der Waals surface area (Å²) in [5.41, 5.74) is 13.5. The fraction of sp³-hybridized carbons (Fsp3) is 0.0508. The Hall–Kier alpha value is -8.15. The number of nitrogens with zero attached hydrogens (tertiary/aromatic N) is 8. The molecule has 326 valence electrons. The minimum absolute atomic E-state index is 0.994. The van der Waals surface area contributed by atoms with Gasteiger partial charge in [0.1, 0.15) is 24.0 Å². The van der Waals surface area contributed by atoms with E-state index in [-0.39, 0.29) is 0 Å². The molecule has 0 saturated carbocycles. The molecule has 8 nitrogen and oxygen atoms in total. The van der Waals surface area contributed by atoms with Crippen molar-refractivity contribution < 1.29 is 9.13 Å². The summed E-state index contributed by atoms with van der Waals surface area (Å²) >= 11 is 2.15. The highest BCUT2D eigenvalue weighted by Crippen LogP contribution is 2.30. The molecule has 10 aromatic carbocycles. The van der Waals surface area contributed by atoms with Crippen molar-refractivity contribution >= 4 is 110 Å². The summed E-state index contributed by atoms with van der Waals surface area (Å²) in [6.45, 7) is 0. The van der Waals surface area contributed by atoms with Gasteiger partial charge >= 0.3 is 0 Å². The molecule has 0 aliphatic carbocycles. The van der Waals surface area contributed by atoms with Crippen LogP contribution in [0.2, 0.25) is 0 Å². The summed E-state index contributed by atoms with van der Waals surface area (Å²) in [7, 11) is 4.23. The summed E-state index contributed by atoms with van der Waals surface area (Å²) in [6.07, 6.45) is 8.15. The zero-order chi connectivity index (χ0) is 45.9. The SMILES string of the molecule is CI.C[n+]1cn(-c2cccc(-n3c[n+](C)c4cc5ccccc5cc43)c2)c2cc3ccccc3cc21.c1cc(-n2cnc3cc4ccccc4cc32)cc(-n2cnc3cc4ccccc4cc32)c1. The Morgan fingerprint density at radius 3 is 0.971 bits per heavy atom. The second-order valence-electron chi connectivity index (χ2n) is 17.2. The van der Waals surface area contributed by atoms with Gasteiger partial charge in [0.2, 0.25) is 12.7 Å². The second kappa shape index (κ2) is 16.9. The maximum Gasteiger partial charge on any atom is 0.249 e. The van der Waals surface area contributed by atoms with Crippen LogP contribution in [0.5, 0.6) is 0 Å². The minimum Gasteiger partial charge on any atom is -0.299 e. The Morgan fingerprint density at radius 1 is 0.324 bits per heavy atom. The van der Waals surface area contributed by atoms with E-state index in [0.717, 1.165) is 44.8 Å². The molecule has 4 aromatic heterocycles. The third-order valence-corrected chi connectivity index (χ3v) is 13.1. The molecule has 0 atom stereocenters. The third-order valence-electron chi connectivity index (χ3n) is 13.1. The number of aromatic nitrogens is 8. The average Bonchev–Trinajstić information content (AvgIpc) is 4.17. The number of hydrogen-bond donors (Lipinski definition) is 0. The van der Waals surface area contributed by atoms with Gasteiger partial charge in [-0.3, -0.25) is 9.13 Å². The first kappa shape index (κ1) is 41.3. The maximum atomic E-state index is 4.67. The molecule has 0 aliphatic rings. The topological polar surface area (TPSA) is 53.3 Å². The first-order valence-corrected chi connectivity index (χ1v) is 24.7. The Morgan fingerprint density at radius 2 is 0.618 bits per heavy atom. The summed E-state index contributed by atoms with van der Waals surface area (Å²) < 4.78 is 13.3. The molecule has 14 aromatic rings. The van der Waals surface area contributed by atoms with E-state index in [9.17, 15) is 0 Å². The second-order valence-corrected chi connectivity index (χ2v) is 17.2. The normalized spacial score (nSPS) is 11.5. The van der Waals surface area contributed by atoms with Crippen molar-refractivity contribution in [1.29, 1.82) is 0 Å². The van der Waals surface area contributed by atoms with E-state index in [4.69, 9.17) is 0 Å². The molecule has 0 unspecified atom stereocenters. The van der Waals surface area contributed by atoms with Gasteiger partial charge in [-0.1, -0.05) is 132 Å². The summed E-state index contributed by atoms with van der Waals surface area (Å²) in [6, 6.07) is 69.0. The molecule has 0 saturated heterocycles. The number of hydrogen-bond acceptors (Lipinski definition) is 2. The van der Waals surface area contributed by atoms with E-state index < -0.39 is 0 Å². The number of imidazole rings is 4. The molecular weight excluding hydrogens is 948 g/mol. The maximum absolute atomic E-state index is 4.67. The van der Waals surface area contributed by atoms with Gasteiger partial charge < -0.3 is 0 Å². The Bertz CT molecular complexity index is 3970. The van der Waals surface area contributed by atoms with Gasteiger partial charge in [-0.25, -0.2) is 19.1 Å². The molecule has 9 heteroatoms. The van der Waals surface area contributed by atoms with Crippen molar-refractivity contribution in [1.82, 2.24) is 28.2 Å². The van der Waals surface area contributed by atoms with Gasteiger partial charge in [0.05, 0.1) is 36.2 Å². The number of alkyl halides is 1. The quantitative estimate of drug-likeness (QED) is 0.100. The monoisotopic (exact) mass is 992 g/mol. The van der Waals surface area contributed by atoms with E-state index in [1.165, 1.54) is 65.2 Å². The minimum atomic E-state index is 0.994. The van der Waals surface area contributed by atoms with Crippen LogP contribution in [0.15, 0.2) is 219 Å². The van der Waals surface area contributed by atoms with Crippen molar-refractivity contribution in [2.75, 3.05) is 4.93 Å². The molecule has 0 N–H and O–H groups in total. The lowest BCUT2D eigenvalue weighted by Crippen LogP contribution is -2.25. The van der Waals surface area contributed by atoms with Crippen LogP contribution in [-0.4, -0.2) is 33.2 Å². The molecule has 4 heterocycles. The first-order chi connectivity index (χ1) is 33.5. The zero-order valence-corrected chi connectivity index (χ0v) is 39.9. The van der Waals surface area contributed by atoms with E-state index in [1.807, 2.05) is 17.6 Å². The van der Waals surface area contributed by atoms with Crippen molar-refractivity contribution in [3.05, 3.63) is 219 Å². The number of aryl methyl sites for hydroxylation is 2. The average molecular weight is 993 g/mol. The number of benzene rings is 10. The molecular formula is C59H45IN8+2. The first-order valence-electron chi connectivity index (χ1n) is 22.6. The molecule has 68 heavy (non-hydrogen) atoms. The lowest BCUT2D eigenvalue weighted by atomic mass is 10.1. The van der Waals surface area contributed by atoms with Gasteiger partial charge in [-0.2, -0.15) is 9.13 Å². The Labute approximate surface area is 406 Å². The van der Waals surface area contributed by atoms with E-state index in [1.54, 1.807) is 0 Å². The van der Waals surface area contributed by atoms with E-state index >= 15 is 0 Å². The number of fused-ring (bicyclic) bond motifs is 8. The summed E-state index contributed by atoms with van der Waals surface area (Å²) in [4.78, 5) is 11.3. The highest BCUT2D eigenvalue weighted by atomic mass is 127. The molecule has 14 rings (SSSR count). The molecule has 0 amide bonds. The van der Waals surface area contributed by atoms with Gasteiger partial charge in [-0.15, -0.1) is 0 Å². The van der Waals surface area contributed by atoms with E-state index in [0.29, 0.717) is 0 Å². The zero-order valence-electron chi connectivity index (χ0n) is 37.7. The van der Waals surface area contributed by atoms with Crippen LogP contribution in [0.3, 0.4) is 0 Å². The predicted molar refractivity (Wildman–Crippen MR) is 288 cm³/mol. The largest absolute Gasteiger partial charge is 0.299 e. The van der Waals surface area contributed by atoms with Gasteiger partial charge in [0.15, 0.2) is 22.1 Å². The summed E-state index contributed by atoms with van der Waals surface area (Å²) in [5.74, 6) is 0. The summed E-state index contributed by atoms with van der Waals surface area (Å²) in [5, 5.41) is 9.86. The number of halogens is 1. The molecule has 0 bridgehead atoms. The van der Waals surface area contributed by atoms with Crippen molar-refractivity contribution in [3.8, 4) is 22.7 Å². The van der Waals surface area contributed by atoms with Crippen LogP contribution in [0, 0.1) is 0 Å². The smallest absolute Gasteiger partial charge is 0.249 e. The fourth-order valence-corrected chi connectivity index (χ4v) is 9.78. The van der Waals surface area contributed by atoms with Gasteiger partial charge in [-0.05, 0) is 127 Å². The van der Waals surface area contributed by atoms with Crippen LogP contribution in [0.25, 0.3) is 110 Å². The molecule has 0 fully saturated rings. The van der Waals surface area contributed by atoms with Gasteiger partial charge in [0, 0.05) is 17.4 Å². The van der Waals surface area contributed by atoms with Crippen molar-refractivity contribution in [3.63, 3.8) is 0 Å². The van der Waals surface area contributed by atoms with Crippen LogP contribution in [0.1, 0.15) is 0 Å². The molecule has 0 spiro atoms. The van der Waals surface area contributed by atoms with Crippen molar-refractivity contribution in [2.45, 2.75) is 0 Å². The highest BCUT2D eigenvalue weighted by Gasteiger charge is 2.21. The van der Waals surface area contributed by atoms with E-state index in [2.05, 4.69) is 281 Å². The highest BCUT2D eigenvalue weighted by molar-refractivity contribution is 14.1.